The number of amides is 1. The minimum atomic E-state index is -1.64. The van der Waals surface area contributed by atoms with E-state index in [2.05, 4.69) is 22.5 Å². The molecule has 0 saturated carbocycles. The number of rotatable bonds is 10. The maximum absolute atomic E-state index is 13.3. The van der Waals surface area contributed by atoms with Crippen LogP contribution < -0.4 is 9.47 Å². The van der Waals surface area contributed by atoms with Crippen LogP contribution in [-0.2, 0) is 29.1 Å². The Morgan fingerprint density at radius 1 is 1.14 bits per heavy atom. The quantitative estimate of drug-likeness (QED) is 0.243. The largest absolute Gasteiger partial charge is 0.493 e. The number of halogens is 1. The third-order valence-electron chi connectivity index (χ3n) is 5.42. The van der Waals surface area contributed by atoms with Crippen molar-refractivity contribution < 1.29 is 48.3 Å². The number of aliphatic hydroxyl groups excluding tert-OH is 2. The number of carbonyl (C=O) groups is 3. The van der Waals surface area contributed by atoms with Crippen molar-refractivity contribution in [1.29, 1.82) is 0 Å². The number of methoxy groups -OCH3 is 2. The number of hydrogen-bond acceptors (Lipinski definition) is 10. The molecular formula is C23H30BrNO10. The third kappa shape index (κ3) is 6.51. The van der Waals surface area contributed by atoms with Crippen LogP contribution in [0.25, 0.3) is 0 Å². The van der Waals surface area contributed by atoms with Crippen molar-refractivity contribution in [2.45, 2.75) is 49.8 Å². The van der Waals surface area contributed by atoms with Crippen LogP contribution in [0.4, 0.5) is 0 Å². The summed E-state index contributed by atoms with van der Waals surface area (Å²) >= 11 is 3.33. The molecule has 1 aliphatic heterocycles. The molecule has 0 spiro atoms. The van der Waals surface area contributed by atoms with Gasteiger partial charge in [0.25, 0.3) is 0 Å². The maximum Gasteiger partial charge on any atom is 0.339 e. The summed E-state index contributed by atoms with van der Waals surface area (Å²) in [5.41, 5.74) is 0.637. The monoisotopic (exact) mass is 559 g/mol. The van der Waals surface area contributed by atoms with Gasteiger partial charge >= 0.3 is 11.9 Å². The molecule has 1 heterocycles. The summed E-state index contributed by atoms with van der Waals surface area (Å²) in [5.74, 6) is -1.38. The summed E-state index contributed by atoms with van der Waals surface area (Å²) in [6.07, 6.45) is -4.19. The predicted molar refractivity (Wildman–Crippen MR) is 126 cm³/mol. The Kier molecular flexibility index (Phi) is 10.5. The molecule has 1 saturated heterocycles. The van der Waals surface area contributed by atoms with Gasteiger partial charge in [-0.05, 0) is 17.7 Å². The number of hydrogen-bond donors (Lipinski definition) is 2. The number of esters is 2. The Morgan fingerprint density at radius 3 is 2.26 bits per heavy atom. The predicted octanol–water partition coefficient (Wildman–Crippen LogP) is 1.17. The number of alkyl halides is 1. The lowest BCUT2D eigenvalue weighted by atomic mass is 9.94. The second kappa shape index (κ2) is 12.9. The molecule has 1 aliphatic rings. The lowest BCUT2D eigenvalue weighted by Crippen LogP contribution is -2.66. The van der Waals surface area contributed by atoms with Crippen molar-refractivity contribution in [2.24, 2.45) is 0 Å². The third-order valence-corrected chi connectivity index (χ3v) is 6.03. The molecule has 0 aromatic heterocycles. The van der Waals surface area contributed by atoms with Gasteiger partial charge in [0, 0.05) is 25.7 Å². The van der Waals surface area contributed by atoms with Gasteiger partial charge in [-0.15, -0.1) is 6.58 Å². The molecule has 11 nitrogen and oxygen atoms in total. The second-order valence-corrected chi connectivity index (χ2v) is 8.20. The van der Waals surface area contributed by atoms with Gasteiger partial charge in [0.15, 0.2) is 30.0 Å². The maximum atomic E-state index is 13.3. The smallest absolute Gasteiger partial charge is 0.339 e. The molecule has 2 rings (SSSR count). The van der Waals surface area contributed by atoms with Crippen LogP contribution >= 0.6 is 15.9 Å². The molecule has 1 aromatic carbocycles. The van der Waals surface area contributed by atoms with Crippen LogP contribution in [0.1, 0.15) is 29.8 Å². The Balaban J connectivity index is 2.53. The molecule has 194 valence electrons. The average Bonchev–Trinajstić information content (AvgIpc) is 2.82. The SMILES string of the molecule is C=CCN(C(C)=O)[C@@H]1[C@@H](OC(C)=O)[C@H](OC(=O)c2cc(OC)c(OC)cc2CBr)[C@@H](CO)O[C@@H]1O. The van der Waals surface area contributed by atoms with Gasteiger partial charge in [-0.3, -0.25) is 9.59 Å². The summed E-state index contributed by atoms with van der Waals surface area (Å²) in [6.45, 7) is 5.31. The molecule has 0 radical (unpaired) electrons. The molecule has 5 atom stereocenters. The zero-order valence-electron chi connectivity index (χ0n) is 19.9. The van der Waals surface area contributed by atoms with E-state index < -0.39 is 55.1 Å². The lowest BCUT2D eigenvalue weighted by molar-refractivity contribution is -0.272. The fourth-order valence-corrected chi connectivity index (χ4v) is 4.33. The van der Waals surface area contributed by atoms with E-state index in [1.807, 2.05) is 0 Å². The summed E-state index contributed by atoms with van der Waals surface area (Å²) < 4.78 is 27.2. The number of ether oxygens (including phenoxy) is 5. The summed E-state index contributed by atoms with van der Waals surface area (Å²) in [6, 6.07) is 1.79. The highest BCUT2D eigenvalue weighted by Crippen LogP contribution is 2.34. The van der Waals surface area contributed by atoms with Gasteiger partial charge in [0.2, 0.25) is 5.91 Å². The zero-order chi connectivity index (χ0) is 26.3. The van der Waals surface area contributed by atoms with Crippen molar-refractivity contribution in [2.75, 3.05) is 27.4 Å². The van der Waals surface area contributed by atoms with Crippen molar-refractivity contribution in [3.8, 4) is 11.5 Å². The first-order valence-corrected chi connectivity index (χ1v) is 11.8. The number of nitrogens with zero attached hydrogens (tertiary/aromatic N) is 1. The van der Waals surface area contributed by atoms with Crippen molar-refractivity contribution in [3.05, 3.63) is 35.9 Å². The van der Waals surface area contributed by atoms with E-state index in [1.165, 1.54) is 38.2 Å². The molecule has 0 aliphatic carbocycles. The fraction of sp³-hybridized carbons (Fsp3) is 0.522. The molecular weight excluding hydrogens is 530 g/mol. The van der Waals surface area contributed by atoms with Crippen LogP contribution in [0, 0.1) is 0 Å². The van der Waals surface area contributed by atoms with Crippen molar-refractivity contribution in [3.63, 3.8) is 0 Å². The molecule has 0 unspecified atom stereocenters. The van der Waals surface area contributed by atoms with Crippen LogP contribution in [0.3, 0.4) is 0 Å². The second-order valence-electron chi connectivity index (χ2n) is 7.64. The summed E-state index contributed by atoms with van der Waals surface area (Å²) in [7, 11) is 2.87. The molecule has 1 aromatic rings. The topological polar surface area (TPSA) is 141 Å². The minimum Gasteiger partial charge on any atom is -0.493 e. The highest BCUT2D eigenvalue weighted by Gasteiger charge is 2.52. The van der Waals surface area contributed by atoms with Crippen LogP contribution in [0.5, 0.6) is 11.5 Å². The summed E-state index contributed by atoms with van der Waals surface area (Å²) in [4.78, 5) is 38.7. The number of carbonyl (C=O) groups excluding carboxylic acids is 3. The van der Waals surface area contributed by atoms with Crippen molar-refractivity contribution in [1.82, 2.24) is 4.90 Å². The van der Waals surface area contributed by atoms with Crippen LogP contribution in [0.15, 0.2) is 24.8 Å². The van der Waals surface area contributed by atoms with E-state index in [0.29, 0.717) is 11.3 Å². The summed E-state index contributed by atoms with van der Waals surface area (Å²) in [5, 5.41) is 20.8. The highest BCUT2D eigenvalue weighted by molar-refractivity contribution is 9.08. The zero-order valence-corrected chi connectivity index (χ0v) is 21.5. The average molecular weight is 560 g/mol. The van der Waals surface area contributed by atoms with E-state index in [1.54, 1.807) is 6.07 Å². The lowest BCUT2D eigenvalue weighted by Gasteiger charge is -2.46. The van der Waals surface area contributed by atoms with Gasteiger partial charge in [0.1, 0.15) is 12.1 Å². The van der Waals surface area contributed by atoms with Gasteiger partial charge in [-0.1, -0.05) is 22.0 Å². The first kappa shape index (κ1) is 28.6. The Labute approximate surface area is 211 Å². The Hall–Kier alpha value is -2.67. The Bertz CT molecular complexity index is 939. The van der Waals surface area contributed by atoms with Gasteiger partial charge in [-0.2, -0.15) is 0 Å². The standard InChI is InChI=1S/C23H30BrNO10/c1-6-7-25(12(2)27)19-21(33-13(3)28)20(18(11-26)34-23(19)30)35-22(29)15-9-17(32-5)16(31-4)8-14(15)10-24/h6,8-9,18-21,23,26,30H,1,7,10-11H2,2-5H3/t18-,19-,20-,21-,23+/m1/s1. The fourth-order valence-electron chi connectivity index (χ4n) is 3.86. The molecule has 1 fully saturated rings. The van der Waals surface area contributed by atoms with Gasteiger partial charge in [0.05, 0.1) is 26.4 Å². The van der Waals surface area contributed by atoms with Crippen LogP contribution in [0.2, 0.25) is 0 Å². The van der Waals surface area contributed by atoms with Crippen LogP contribution in [-0.4, -0.2) is 91.0 Å². The molecule has 2 N–H and O–H groups in total. The van der Waals surface area contributed by atoms with E-state index >= 15 is 0 Å². The highest BCUT2D eigenvalue weighted by atomic mass is 79.9. The molecule has 0 bridgehead atoms. The van der Waals surface area contributed by atoms with E-state index in [9.17, 15) is 24.6 Å². The van der Waals surface area contributed by atoms with E-state index in [0.717, 1.165) is 6.92 Å². The minimum absolute atomic E-state index is 0.00788. The molecule has 12 heteroatoms. The van der Waals surface area contributed by atoms with E-state index in [4.69, 9.17) is 23.7 Å². The van der Waals surface area contributed by atoms with E-state index in [-0.39, 0.29) is 23.2 Å². The van der Waals surface area contributed by atoms with Gasteiger partial charge < -0.3 is 38.8 Å². The number of benzene rings is 1. The van der Waals surface area contributed by atoms with Gasteiger partial charge in [-0.25, -0.2) is 4.79 Å². The normalized spacial score (nSPS) is 23.7. The van der Waals surface area contributed by atoms with Crippen molar-refractivity contribution >= 4 is 33.8 Å². The first-order chi connectivity index (χ1) is 16.6. The Morgan fingerprint density at radius 2 is 1.77 bits per heavy atom. The first-order valence-electron chi connectivity index (χ1n) is 10.6. The molecule has 1 amide bonds. The molecule has 35 heavy (non-hydrogen) atoms. The number of aliphatic hydroxyl groups is 2.